The van der Waals surface area contributed by atoms with Gasteiger partial charge in [-0.2, -0.15) is 5.10 Å². The van der Waals surface area contributed by atoms with E-state index in [1.165, 1.54) is 12.1 Å². The number of nitrogens with zero attached hydrogens (tertiary/aromatic N) is 4. The number of hydrogen-bond acceptors (Lipinski definition) is 3. The zero-order valence-corrected chi connectivity index (χ0v) is 16.9. The van der Waals surface area contributed by atoms with Crippen molar-refractivity contribution >= 4 is 16.8 Å². The van der Waals surface area contributed by atoms with Crippen LogP contribution < -0.4 is 0 Å². The van der Waals surface area contributed by atoms with E-state index < -0.39 is 17.5 Å². The molecule has 1 aliphatic heterocycles. The molecule has 1 saturated heterocycles. The summed E-state index contributed by atoms with van der Waals surface area (Å²) in [7, 11) is 0. The van der Waals surface area contributed by atoms with Gasteiger partial charge in [0.25, 0.3) is 5.91 Å². The third kappa shape index (κ3) is 3.48. The zero-order valence-electron chi connectivity index (χ0n) is 16.9. The molecule has 1 aromatic carbocycles. The maximum absolute atomic E-state index is 14.1. The van der Waals surface area contributed by atoms with Gasteiger partial charge in [0.1, 0.15) is 0 Å². The number of fused-ring (bicyclic) bond motifs is 1. The number of halogens is 2. The lowest BCUT2D eigenvalue weighted by atomic mass is 10.1. The van der Waals surface area contributed by atoms with E-state index in [-0.39, 0.29) is 17.5 Å². The smallest absolute Gasteiger partial charge is 0.257 e. The lowest BCUT2D eigenvalue weighted by molar-refractivity contribution is 0.0736. The van der Waals surface area contributed by atoms with Crippen LogP contribution in [-0.4, -0.2) is 43.1 Å². The normalized spacial score (nSPS) is 18.7. The molecule has 1 amide bonds. The zero-order chi connectivity index (χ0) is 21.5. The van der Waals surface area contributed by atoms with Crippen LogP contribution in [0.4, 0.5) is 8.78 Å². The molecular formula is C23H21F2N5O. The number of nitrogens with one attached hydrogen (secondary N) is 1. The second-order valence-corrected chi connectivity index (χ2v) is 8.09. The Labute approximate surface area is 177 Å². The van der Waals surface area contributed by atoms with E-state index in [0.717, 1.165) is 41.2 Å². The van der Waals surface area contributed by atoms with Gasteiger partial charge in [0, 0.05) is 42.5 Å². The summed E-state index contributed by atoms with van der Waals surface area (Å²) in [5.74, 6) is -2.34. The van der Waals surface area contributed by atoms with Gasteiger partial charge >= 0.3 is 0 Å². The Morgan fingerprint density at radius 2 is 2.13 bits per heavy atom. The third-order valence-corrected chi connectivity index (χ3v) is 6.01. The van der Waals surface area contributed by atoms with Gasteiger partial charge in [-0.15, -0.1) is 0 Å². The number of aromatic nitrogens is 4. The van der Waals surface area contributed by atoms with Crippen molar-refractivity contribution in [1.29, 1.82) is 0 Å². The molecule has 1 N–H and O–H groups in total. The van der Waals surface area contributed by atoms with Gasteiger partial charge in [-0.3, -0.25) is 14.9 Å². The molecule has 4 heterocycles. The summed E-state index contributed by atoms with van der Waals surface area (Å²) in [4.78, 5) is 19.0. The highest BCUT2D eigenvalue weighted by atomic mass is 19.2. The molecule has 1 fully saturated rings. The summed E-state index contributed by atoms with van der Waals surface area (Å²) >= 11 is 0. The first-order valence-electron chi connectivity index (χ1n) is 10.2. The minimum Gasteiger partial charge on any atom is -0.346 e. The van der Waals surface area contributed by atoms with Crippen LogP contribution in [-0.2, 0) is 6.54 Å². The lowest BCUT2D eigenvalue weighted by Crippen LogP contribution is -2.34. The molecule has 8 heteroatoms. The predicted molar refractivity (Wildman–Crippen MR) is 112 cm³/mol. The van der Waals surface area contributed by atoms with Crippen molar-refractivity contribution in [2.24, 2.45) is 5.92 Å². The number of pyridine rings is 1. The number of likely N-dealkylation sites (tertiary alicyclic amines) is 1. The monoisotopic (exact) mass is 421 g/mol. The molecule has 0 spiro atoms. The van der Waals surface area contributed by atoms with Crippen LogP contribution in [0.15, 0.2) is 55.1 Å². The van der Waals surface area contributed by atoms with Crippen LogP contribution in [0.25, 0.3) is 22.2 Å². The topological polar surface area (TPSA) is 66.8 Å². The highest BCUT2D eigenvalue weighted by Gasteiger charge is 2.34. The number of aromatic amines is 1. The maximum atomic E-state index is 14.1. The second-order valence-electron chi connectivity index (χ2n) is 8.09. The van der Waals surface area contributed by atoms with Crippen LogP contribution in [0.1, 0.15) is 23.7 Å². The second kappa shape index (κ2) is 7.61. The van der Waals surface area contributed by atoms with E-state index in [4.69, 9.17) is 0 Å². The van der Waals surface area contributed by atoms with E-state index in [0.29, 0.717) is 6.54 Å². The highest BCUT2D eigenvalue weighted by molar-refractivity contribution is 5.95. The number of hydrogen-bond donors (Lipinski definition) is 1. The lowest BCUT2D eigenvalue weighted by Gasteiger charge is -2.22. The number of H-pyrrole nitrogens is 1. The molecule has 6 nitrogen and oxygen atoms in total. The summed E-state index contributed by atoms with van der Waals surface area (Å²) in [5.41, 5.74) is 2.58. The van der Waals surface area contributed by atoms with Gasteiger partial charge in [-0.1, -0.05) is 6.07 Å². The quantitative estimate of drug-likeness (QED) is 0.536. The summed E-state index contributed by atoms with van der Waals surface area (Å²) in [6.07, 6.45) is 8.20. The van der Waals surface area contributed by atoms with Gasteiger partial charge in [0.2, 0.25) is 0 Å². The first-order chi connectivity index (χ1) is 15.0. The number of carbonyl (C=O) groups excluding carboxylic acids is 1. The van der Waals surface area contributed by atoms with Crippen molar-refractivity contribution in [3.8, 4) is 11.3 Å². The van der Waals surface area contributed by atoms with E-state index in [2.05, 4.69) is 19.7 Å². The molecule has 0 aliphatic carbocycles. The molecule has 31 heavy (non-hydrogen) atoms. The largest absolute Gasteiger partial charge is 0.346 e. The summed E-state index contributed by atoms with van der Waals surface area (Å²) in [5, 5.41) is 7.84. The van der Waals surface area contributed by atoms with Crippen molar-refractivity contribution in [3.63, 3.8) is 0 Å². The minimum absolute atomic E-state index is 0.0483. The average Bonchev–Trinajstić information content (AvgIpc) is 3.50. The van der Waals surface area contributed by atoms with Crippen LogP contribution in [0.3, 0.4) is 0 Å². The molecule has 3 aromatic heterocycles. The van der Waals surface area contributed by atoms with Gasteiger partial charge in [0.15, 0.2) is 11.6 Å². The van der Waals surface area contributed by atoms with Crippen LogP contribution in [0, 0.1) is 17.6 Å². The van der Waals surface area contributed by atoms with Gasteiger partial charge in [-0.25, -0.2) is 8.78 Å². The maximum Gasteiger partial charge on any atom is 0.257 e. The van der Waals surface area contributed by atoms with Crippen LogP contribution >= 0.6 is 0 Å². The Balaban J connectivity index is 1.34. The van der Waals surface area contributed by atoms with Crippen molar-refractivity contribution in [1.82, 2.24) is 24.6 Å². The molecule has 1 unspecified atom stereocenters. The van der Waals surface area contributed by atoms with Crippen molar-refractivity contribution in [2.75, 3.05) is 6.54 Å². The van der Waals surface area contributed by atoms with Crippen molar-refractivity contribution in [3.05, 3.63) is 72.3 Å². The molecule has 1 aliphatic rings. The minimum atomic E-state index is -1.08. The van der Waals surface area contributed by atoms with Gasteiger partial charge in [-0.05, 0) is 43.5 Å². The summed E-state index contributed by atoms with van der Waals surface area (Å²) in [6, 6.07) is 7.74. The molecule has 0 bridgehead atoms. The number of carbonyl (C=O) groups is 1. The summed E-state index contributed by atoms with van der Waals surface area (Å²) < 4.78 is 29.8. The fourth-order valence-electron chi connectivity index (χ4n) is 4.46. The Hall–Kier alpha value is -3.55. The third-order valence-electron chi connectivity index (χ3n) is 6.01. The fourth-order valence-corrected chi connectivity index (χ4v) is 4.46. The predicted octanol–water partition coefficient (Wildman–Crippen LogP) is 4.26. The molecule has 5 rings (SSSR count). The van der Waals surface area contributed by atoms with Crippen LogP contribution in [0.5, 0.6) is 0 Å². The Kier molecular flexibility index (Phi) is 4.77. The number of rotatable bonds is 4. The first kappa shape index (κ1) is 19.4. The SMILES string of the molecule is C[C@@H]1CC(Cn2ccc3cc(-c4cn[nH]c4)ncc32)CN1C(=O)c1cccc(F)c1F. The molecule has 0 radical (unpaired) electrons. The molecular weight excluding hydrogens is 400 g/mol. The van der Waals surface area contributed by atoms with E-state index in [1.807, 2.05) is 31.5 Å². The summed E-state index contributed by atoms with van der Waals surface area (Å²) in [6.45, 7) is 3.16. The molecule has 2 atom stereocenters. The standard InChI is InChI=1S/C23H21F2N5O/c1-14-7-15(13-30(14)23(31)18-3-2-4-19(24)22(18)25)12-29-6-5-16-8-20(26-11-21(16)29)17-9-27-28-10-17/h2-6,8-11,14-15H,7,12-13H2,1H3,(H,27,28)/t14-,15?/m1/s1. The van der Waals surface area contributed by atoms with Crippen molar-refractivity contribution in [2.45, 2.75) is 25.9 Å². The molecule has 158 valence electrons. The number of amides is 1. The van der Waals surface area contributed by atoms with Crippen LogP contribution in [0.2, 0.25) is 0 Å². The first-order valence-corrected chi connectivity index (χ1v) is 10.2. The Bertz CT molecular complexity index is 1250. The van der Waals surface area contributed by atoms with Gasteiger partial charge < -0.3 is 9.47 Å². The average molecular weight is 421 g/mol. The van der Waals surface area contributed by atoms with Crippen molar-refractivity contribution < 1.29 is 13.6 Å². The van der Waals surface area contributed by atoms with Gasteiger partial charge in [0.05, 0.1) is 29.2 Å². The molecule has 4 aromatic rings. The van der Waals surface area contributed by atoms with E-state index in [9.17, 15) is 13.6 Å². The van der Waals surface area contributed by atoms with E-state index in [1.54, 1.807) is 17.3 Å². The fraction of sp³-hybridized carbons (Fsp3) is 0.261. The Morgan fingerprint density at radius 1 is 1.26 bits per heavy atom. The Morgan fingerprint density at radius 3 is 2.94 bits per heavy atom. The van der Waals surface area contributed by atoms with E-state index >= 15 is 0 Å². The highest BCUT2D eigenvalue weighted by Crippen LogP contribution is 2.29. The number of benzene rings is 1. The molecule has 0 saturated carbocycles.